The molecule has 0 saturated carbocycles. The zero-order valence-corrected chi connectivity index (χ0v) is 13.6. The van der Waals surface area contributed by atoms with Crippen molar-refractivity contribution in [3.05, 3.63) is 53.4 Å². The fourth-order valence-electron chi connectivity index (χ4n) is 2.33. The molecular weight excluding hydrogens is 300 g/mol. The Morgan fingerprint density at radius 1 is 1.39 bits per heavy atom. The Hall–Kier alpha value is -2.44. The van der Waals surface area contributed by atoms with E-state index >= 15 is 0 Å². The van der Waals surface area contributed by atoms with Gasteiger partial charge in [-0.3, -0.25) is 9.67 Å². The fraction of sp³-hybridized carbons (Fsp3) is 0.375. The van der Waals surface area contributed by atoms with Gasteiger partial charge in [-0.1, -0.05) is 0 Å². The summed E-state index contributed by atoms with van der Waals surface area (Å²) in [5, 5.41) is 7.28. The van der Waals surface area contributed by atoms with Crippen molar-refractivity contribution >= 4 is 5.96 Å². The average molecular weight is 321 g/mol. The number of aryl methyl sites for hydroxylation is 1. The first-order valence-corrected chi connectivity index (χ1v) is 7.33. The van der Waals surface area contributed by atoms with Crippen LogP contribution in [0, 0.1) is 11.6 Å². The Morgan fingerprint density at radius 3 is 2.83 bits per heavy atom. The molecule has 0 bridgehead atoms. The lowest BCUT2D eigenvalue weighted by Gasteiger charge is -2.21. The van der Waals surface area contributed by atoms with E-state index in [0.717, 1.165) is 17.7 Å². The SMILES string of the molecule is CN=C(NCCc1cc(F)ccc1F)N(C)Cc1cnn(C)c1. The van der Waals surface area contributed by atoms with Gasteiger partial charge in [-0.15, -0.1) is 0 Å². The van der Waals surface area contributed by atoms with E-state index in [1.165, 1.54) is 6.07 Å². The van der Waals surface area contributed by atoms with Crippen LogP contribution in [-0.2, 0) is 20.0 Å². The number of benzene rings is 1. The molecule has 1 N–H and O–H groups in total. The standard InChI is InChI=1S/C16H21F2N5/c1-19-16(22(2)10-12-9-21-23(3)11-12)20-7-6-13-8-14(17)4-5-15(13)18/h4-5,8-9,11H,6-7,10H2,1-3H3,(H,19,20). The van der Waals surface area contributed by atoms with E-state index in [9.17, 15) is 8.78 Å². The number of halogens is 2. The average Bonchev–Trinajstić information content (AvgIpc) is 2.92. The molecule has 23 heavy (non-hydrogen) atoms. The van der Waals surface area contributed by atoms with E-state index in [0.29, 0.717) is 31.0 Å². The van der Waals surface area contributed by atoms with Crippen LogP contribution in [0.4, 0.5) is 8.78 Å². The minimum absolute atomic E-state index is 0.350. The molecule has 0 unspecified atom stereocenters. The topological polar surface area (TPSA) is 45.5 Å². The Kier molecular flexibility index (Phi) is 5.67. The second-order valence-corrected chi connectivity index (χ2v) is 5.34. The lowest BCUT2D eigenvalue weighted by molar-refractivity contribution is 0.476. The quantitative estimate of drug-likeness (QED) is 0.676. The number of nitrogens with zero attached hydrogens (tertiary/aromatic N) is 4. The highest BCUT2D eigenvalue weighted by Gasteiger charge is 2.09. The molecule has 0 aliphatic carbocycles. The molecule has 1 aromatic carbocycles. The Labute approximate surface area is 134 Å². The van der Waals surface area contributed by atoms with Crippen LogP contribution >= 0.6 is 0 Å². The molecule has 0 atom stereocenters. The molecule has 0 aliphatic rings. The van der Waals surface area contributed by atoms with Gasteiger partial charge in [0, 0.05) is 46.0 Å². The van der Waals surface area contributed by atoms with Crippen molar-refractivity contribution in [3.8, 4) is 0 Å². The number of rotatable bonds is 5. The van der Waals surface area contributed by atoms with Crippen LogP contribution in [0.2, 0.25) is 0 Å². The molecule has 124 valence electrons. The summed E-state index contributed by atoms with van der Waals surface area (Å²) < 4.78 is 28.5. The van der Waals surface area contributed by atoms with Crippen molar-refractivity contribution in [3.63, 3.8) is 0 Å². The molecule has 2 aromatic rings. The highest BCUT2D eigenvalue weighted by Crippen LogP contribution is 2.10. The summed E-state index contributed by atoms with van der Waals surface area (Å²) in [5.74, 6) is -0.142. The van der Waals surface area contributed by atoms with E-state index in [2.05, 4.69) is 15.4 Å². The Balaban J connectivity index is 1.88. The van der Waals surface area contributed by atoms with Gasteiger partial charge in [0.2, 0.25) is 0 Å². The van der Waals surface area contributed by atoms with Gasteiger partial charge in [0.25, 0.3) is 0 Å². The van der Waals surface area contributed by atoms with Crippen molar-refractivity contribution in [1.29, 1.82) is 0 Å². The Morgan fingerprint density at radius 2 is 2.17 bits per heavy atom. The normalized spacial score (nSPS) is 11.6. The van der Waals surface area contributed by atoms with E-state index in [1.807, 2.05) is 25.2 Å². The third kappa shape index (κ3) is 4.77. The van der Waals surface area contributed by atoms with Crippen LogP contribution in [0.1, 0.15) is 11.1 Å². The smallest absolute Gasteiger partial charge is 0.193 e. The molecule has 1 aromatic heterocycles. The highest BCUT2D eigenvalue weighted by atomic mass is 19.1. The van der Waals surface area contributed by atoms with Crippen LogP contribution in [0.5, 0.6) is 0 Å². The van der Waals surface area contributed by atoms with Crippen LogP contribution in [-0.4, -0.2) is 41.3 Å². The van der Waals surface area contributed by atoms with Gasteiger partial charge in [0.05, 0.1) is 6.20 Å². The third-order valence-electron chi connectivity index (χ3n) is 3.44. The predicted molar refractivity (Wildman–Crippen MR) is 86.1 cm³/mol. The maximum atomic E-state index is 13.6. The minimum atomic E-state index is -0.431. The van der Waals surface area contributed by atoms with Crippen LogP contribution < -0.4 is 5.32 Å². The highest BCUT2D eigenvalue weighted by molar-refractivity contribution is 5.79. The van der Waals surface area contributed by atoms with Gasteiger partial charge in [-0.05, 0) is 30.2 Å². The van der Waals surface area contributed by atoms with Gasteiger partial charge < -0.3 is 10.2 Å². The summed E-state index contributed by atoms with van der Waals surface area (Å²) in [6, 6.07) is 3.49. The number of guanidine groups is 1. The summed E-state index contributed by atoms with van der Waals surface area (Å²) >= 11 is 0. The van der Waals surface area contributed by atoms with E-state index < -0.39 is 11.6 Å². The number of hydrogen-bond acceptors (Lipinski definition) is 2. The molecule has 0 saturated heterocycles. The van der Waals surface area contributed by atoms with Gasteiger partial charge in [-0.25, -0.2) is 8.78 Å². The van der Waals surface area contributed by atoms with Gasteiger partial charge >= 0.3 is 0 Å². The van der Waals surface area contributed by atoms with Crippen molar-refractivity contribution in [2.24, 2.45) is 12.0 Å². The molecular formula is C16H21F2N5. The van der Waals surface area contributed by atoms with Crippen LogP contribution in [0.3, 0.4) is 0 Å². The number of aromatic nitrogens is 2. The lowest BCUT2D eigenvalue weighted by Crippen LogP contribution is -2.39. The van der Waals surface area contributed by atoms with Gasteiger partial charge in [0.15, 0.2) is 5.96 Å². The second kappa shape index (κ2) is 7.71. The first-order chi connectivity index (χ1) is 11.0. The summed E-state index contributed by atoms with van der Waals surface area (Å²) in [7, 11) is 5.46. The summed E-state index contributed by atoms with van der Waals surface area (Å²) in [5.41, 5.74) is 1.41. The molecule has 0 spiro atoms. The molecule has 7 heteroatoms. The molecule has 0 amide bonds. The maximum absolute atomic E-state index is 13.6. The molecule has 1 heterocycles. The zero-order valence-electron chi connectivity index (χ0n) is 13.6. The molecule has 2 rings (SSSR count). The van der Waals surface area contributed by atoms with Crippen molar-refractivity contribution in [1.82, 2.24) is 20.0 Å². The number of nitrogens with one attached hydrogen (secondary N) is 1. The van der Waals surface area contributed by atoms with E-state index in [4.69, 9.17) is 0 Å². The van der Waals surface area contributed by atoms with Crippen molar-refractivity contribution in [2.75, 3.05) is 20.6 Å². The van der Waals surface area contributed by atoms with Crippen molar-refractivity contribution in [2.45, 2.75) is 13.0 Å². The van der Waals surface area contributed by atoms with Gasteiger partial charge in [0.1, 0.15) is 11.6 Å². The zero-order chi connectivity index (χ0) is 16.8. The van der Waals surface area contributed by atoms with E-state index in [1.54, 1.807) is 17.9 Å². The van der Waals surface area contributed by atoms with Crippen LogP contribution in [0.15, 0.2) is 35.6 Å². The minimum Gasteiger partial charge on any atom is -0.356 e. The molecule has 0 radical (unpaired) electrons. The first kappa shape index (κ1) is 16.9. The summed E-state index contributed by atoms with van der Waals surface area (Å²) in [4.78, 5) is 6.14. The fourth-order valence-corrected chi connectivity index (χ4v) is 2.33. The first-order valence-electron chi connectivity index (χ1n) is 7.33. The molecule has 0 aliphatic heterocycles. The summed E-state index contributed by atoms with van der Waals surface area (Å²) in [6.07, 6.45) is 4.11. The maximum Gasteiger partial charge on any atom is 0.193 e. The number of aliphatic imine (C=N–C) groups is 1. The monoisotopic (exact) mass is 321 g/mol. The van der Waals surface area contributed by atoms with Gasteiger partial charge in [-0.2, -0.15) is 5.10 Å². The Bertz CT molecular complexity index is 681. The lowest BCUT2D eigenvalue weighted by atomic mass is 10.1. The molecule has 0 fully saturated rings. The van der Waals surface area contributed by atoms with Crippen LogP contribution in [0.25, 0.3) is 0 Å². The van der Waals surface area contributed by atoms with Crippen molar-refractivity contribution < 1.29 is 8.78 Å². The third-order valence-corrected chi connectivity index (χ3v) is 3.44. The largest absolute Gasteiger partial charge is 0.356 e. The second-order valence-electron chi connectivity index (χ2n) is 5.34. The summed E-state index contributed by atoms with van der Waals surface area (Å²) in [6.45, 7) is 1.12. The predicted octanol–water partition coefficient (Wildman–Crippen LogP) is 1.95. The van der Waals surface area contributed by atoms with E-state index in [-0.39, 0.29) is 0 Å². The molecule has 5 nitrogen and oxygen atoms in total. The number of hydrogen-bond donors (Lipinski definition) is 1.